The Labute approximate surface area is 172 Å². The van der Waals surface area contributed by atoms with Crippen molar-refractivity contribution in [1.82, 2.24) is 14.6 Å². The van der Waals surface area contributed by atoms with E-state index in [1.807, 2.05) is 0 Å². The fourth-order valence-corrected chi connectivity index (χ4v) is 3.98. The van der Waals surface area contributed by atoms with Gasteiger partial charge in [0.2, 0.25) is 10.0 Å². The second kappa shape index (κ2) is 9.25. The van der Waals surface area contributed by atoms with Crippen LogP contribution in [0.15, 0.2) is 41.6 Å². The summed E-state index contributed by atoms with van der Waals surface area (Å²) in [4.78, 5) is 18.0. The maximum Gasteiger partial charge on any atom is 0.410 e. The number of carbonyl (C=O) groups is 1. The van der Waals surface area contributed by atoms with Gasteiger partial charge in [-0.3, -0.25) is 4.98 Å². The van der Waals surface area contributed by atoms with Gasteiger partial charge in [-0.15, -0.1) is 12.3 Å². The van der Waals surface area contributed by atoms with Crippen LogP contribution in [-0.2, 0) is 14.8 Å². The third-order valence-corrected chi connectivity index (χ3v) is 5.54. The van der Waals surface area contributed by atoms with Crippen molar-refractivity contribution in [2.45, 2.75) is 50.7 Å². The molecule has 0 aliphatic carbocycles. The molecule has 0 fully saturated rings. The first-order chi connectivity index (χ1) is 13.5. The van der Waals surface area contributed by atoms with Crippen LogP contribution in [0.5, 0.6) is 0 Å². The van der Waals surface area contributed by atoms with E-state index in [1.54, 1.807) is 58.3 Å². The van der Waals surface area contributed by atoms with Crippen LogP contribution < -0.4 is 4.72 Å². The van der Waals surface area contributed by atoms with Crippen LogP contribution in [0, 0.1) is 12.3 Å². The van der Waals surface area contributed by atoms with Gasteiger partial charge in [-0.1, -0.05) is 6.07 Å². The van der Waals surface area contributed by atoms with E-state index >= 15 is 0 Å². The molecule has 0 aliphatic rings. The van der Waals surface area contributed by atoms with E-state index in [0.29, 0.717) is 6.42 Å². The van der Waals surface area contributed by atoms with Crippen LogP contribution in [-0.4, -0.2) is 49.1 Å². The van der Waals surface area contributed by atoms with Crippen LogP contribution in [0.1, 0.15) is 34.1 Å². The molecule has 29 heavy (non-hydrogen) atoms. The highest BCUT2D eigenvalue weighted by Crippen LogP contribution is 2.18. The summed E-state index contributed by atoms with van der Waals surface area (Å²) in [5, 5.41) is 1.63. The van der Waals surface area contributed by atoms with Gasteiger partial charge in [0.15, 0.2) is 0 Å². The molecular formula is C21H27N3O4S. The summed E-state index contributed by atoms with van der Waals surface area (Å²) < 4.78 is 33.6. The van der Waals surface area contributed by atoms with Crippen molar-refractivity contribution in [1.29, 1.82) is 0 Å². The molecule has 0 aliphatic heterocycles. The third-order valence-electron chi connectivity index (χ3n) is 3.95. The summed E-state index contributed by atoms with van der Waals surface area (Å²) in [5.41, 5.74) is -0.659. The number of nitrogens with one attached hydrogen (secondary N) is 1. The Bertz CT molecular complexity index is 1010. The Morgan fingerprint density at radius 3 is 2.69 bits per heavy atom. The molecule has 156 valence electrons. The highest BCUT2D eigenvalue weighted by Gasteiger charge is 2.25. The monoisotopic (exact) mass is 417 g/mol. The molecule has 0 saturated heterocycles. The lowest BCUT2D eigenvalue weighted by atomic mass is 10.2. The Kier molecular flexibility index (Phi) is 7.22. The second-order valence-electron chi connectivity index (χ2n) is 7.79. The smallest absolute Gasteiger partial charge is 0.410 e. The van der Waals surface area contributed by atoms with Crippen molar-refractivity contribution in [3.8, 4) is 12.3 Å². The number of carbonyl (C=O) groups excluding carboxylic acids is 1. The molecule has 0 bridgehead atoms. The van der Waals surface area contributed by atoms with E-state index in [0.717, 1.165) is 10.8 Å². The van der Waals surface area contributed by atoms with E-state index < -0.39 is 27.8 Å². The second-order valence-corrected chi connectivity index (χ2v) is 9.50. The molecule has 2 aromatic rings. The minimum atomic E-state index is -3.77. The number of terminal acetylenes is 1. The quantitative estimate of drug-likeness (QED) is 0.699. The number of fused-ring (bicyclic) bond motifs is 1. The molecule has 1 aromatic heterocycles. The van der Waals surface area contributed by atoms with E-state index in [9.17, 15) is 13.2 Å². The lowest BCUT2D eigenvalue weighted by Crippen LogP contribution is -2.46. The fourth-order valence-electron chi connectivity index (χ4n) is 2.71. The first-order valence-electron chi connectivity index (χ1n) is 9.29. The predicted molar refractivity (Wildman–Crippen MR) is 113 cm³/mol. The topological polar surface area (TPSA) is 88.6 Å². The number of rotatable bonds is 7. The lowest BCUT2D eigenvalue weighted by Gasteiger charge is -2.29. The highest BCUT2D eigenvalue weighted by atomic mass is 32.2. The first-order valence-corrected chi connectivity index (χ1v) is 10.8. The molecule has 0 radical (unpaired) electrons. The number of hydrogen-bond acceptors (Lipinski definition) is 5. The maximum absolute atomic E-state index is 12.8. The SMILES string of the molecule is C#CCCN(C[C@@H](C)NS(=O)(=O)c1ccc2cnccc2c1)C(=O)OC(C)(C)C. The number of hydrogen-bond donors (Lipinski definition) is 1. The predicted octanol–water partition coefficient (Wildman–Crippen LogP) is 3.16. The van der Waals surface area contributed by atoms with Crippen LogP contribution in [0.25, 0.3) is 10.8 Å². The van der Waals surface area contributed by atoms with E-state index in [1.165, 1.54) is 11.0 Å². The minimum Gasteiger partial charge on any atom is -0.444 e. The van der Waals surface area contributed by atoms with Gasteiger partial charge in [-0.05, 0) is 51.3 Å². The Balaban J connectivity index is 2.13. The average molecular weight is 418 g/mol. The van der Waals surface area contributed by atoms with Gasteiger partial charge in [0.05, 0.1) is 4.90 Å². The van der Waals surface area contributed by atoms with E-state index in [-0.39, 0.29) is 18.0 Å². The molecule has 0 unspecified atom stereocenters. The van der Waals surface area contributed by atoms with Gasteiger partial charge < -0.3 is 9.64 Å². The number of aromatic nitrogens is 1. The van der Waals surface area contributed by atoms with Crippen LogP contribution in [0.2, 0.25) is 0 Å². The molecule has 0 spiro atoms. The zero-order chi connectivity index (χ0) is 21.7. The molecular weight excluding hydrogens is 390 g/mol. The highest BCUT2D eigenvalue weighted by molar-refractivity contribution is 7.89. The van der Waals surface area contributed by atoms with Crippen LogP contribution >= 0.6 is 0 Å². The molecule has 8 heteroatoms. The molecule has 1 aromatic carbocycles. The standard InChI is InChI=1S/C21H27N3O4S/c1-6-7-12-24(20(25)28-21(3,4)5)15-16(2)23-29(26,27)19-9-8-18-14-22-11-10-17(18)13-19/h1,8-11,13-14,16,23H,7,12,15H2,2-5H3/t16-/m1/s1. The zero-order valence-corrected chi connectivity index (χ0v) is 18.0. The summed E-state index contributed by atoms with van der Waals surface area (Å²) in [6.45, 7) is 7.41. The molecule has 1 amide bonds. The number of pyridine rings is 1. The number of nitrogens with zero attached hydrogens (tertiary/aromatic N) is 2. The van der Waals surface area contributed by atoms with Crippen LogP contribution in [0.3, 0.4) is 0 Å². The maximum atomic E-state index is 12.8. The van der Waals surface area contributed by atoms with Crippen molar-refractivity contribution in [2.24, 2.45) is 0 Å². The Hall–Kier alpha value is -2.63. The fraction of sp³-hybridized carbons (Fsp3) is 0.429. The van der Waals surface area contributed by atoms with E-state index in [4.69, 9.17) is 11.2 Å². The van der Waals surface area contributed by atoms with Crippen LogP contribution in [0.4, 0.5) is 4.79 Å². The molecule has 2 rings (SSSR count). The zero-order valence-electron chi connectivity index (χ0n) is 17.2. The molecule has 1 atom stereocenters. The van der Waals surface area contributed by atoms with Crippen molar-refractivity contribution >= 4 is 26.9 Å². The normalized spacial score (nSPS) is 12.9. The van der Waals surface area contributed by atoms with Crippen molar-refractivity contribution in [2.75, 3.05) is 13.1 Å². The molecule has 1 N–H and O–H groups in total. The summed E-state index contributed by atoms with van der Waals surface area (Å²) in [7, 11) is -3.77. The lowest BCUT2D eigenvalue weighted by molar-refractivity contribution is 0.0243. The average Bonchev–Trinajstić information content (AvgIpc) is 2.62. The molecule has 7 nitrogen and oxygen atoms in total. The number of benzene rings is 1. The van der Waals surface area contributed by atoms with E-state index in [2.05, 4.69) is 15.6 Å². The van der Waals surface area contributed by atoms with Gasteiger partial charge >= 0.3 is 6.09 Å². The largest absolute Gasteiger partial charge is 0.444 e. The van der Waals surface area contributed by atoms with Crippen molar-refractivity contribution < 1.29 is 17.9 Å². The van der Waals surface area contributed by atoms with Gasteiger partial charge in [-0.25, -0.2) is 17.9 Å². The summed E-state index contributed by atoms with van der Waals surface area (Å²) in [6.07, 6.45) is 8.41. The van der Waals surface area contributed by atoms with Gasteiger partial charge in [0.25, 0.3) is 0 Å². The van der Waals surface area contributed by atoms with Gasteiger partial charge in [0.1, 0.15) is 5.60 Å². The van der Waals surface area contributed by atoms with Crippen molar-refractivity contribution in [3.05, 3.63) is 36.7 Å². The number of amides is 1. The number of sulfonamides is 1. The summed E-state index contributed by atoms with van der Waals surface area (Å²) in [5.74, 6) is 2.49. The summed E-state index contributed by atoms with van der Waals surface area (Å²) in [6, 6.07) is 6.04. The minimum absolute atomic E-state index is 0.132. The van der Waals surface area contributed by atoms with Gasteiger partial charge in [-0.2, -0.15) is 0 Å². The summed E-state index contributed by atoms with van der Waals surface area (Å²) >= 11 is 0. The molecule has 0 saturated carbocycles. The Morgan fingerprint density at radius 2 is 2.03 bits per heavy atom. The first kappa shape index (κ1) is 22.7. The third kappa shape index (κ3) is 6.73. The Morgan fingerprint density at radius 1 is 1.31 bits per heavy atom. The molecule has 1 heterocycles. The van der Waals surface area contributed by atoms with Crippen molar-refractivity contribution in [3.63, 3.8) is 0 Å². The van der Waals surface area contributed by atoms with Gasteiger partial charge in [0, 0.05) is 43.3 Å². The number of ether oxygens (including phenoxy) is 1.